The number of nitrogen functional groups attached to an aromatic ring is 1. The molecule has 0 spiro atoms. The second-order valence-electron chi connectivity index (χ2n) is 4.62. The summed E-state index contributed by atoms with van der Waals surface area (Å²) >= 11 is 1.34. The van der Waals surface area contributed by atoms with E-state index in [0.717, 1.165) is 11.1 Å². The molecular weight excluding hydrogens is 260 g/mol. The van der Waals surface area contributed by atoms with Crippen LogP contribution in [0.3, 0.4) is 0 Å². The Kier molecular flexibility index (Phi) is 4.16. The maximum atomic E-state index is 12.1. The molecule has 0 aromatic carbocycles. The van der Waals surface area contributed by atoms with Crippen molar-refractivity contribution in [2.75, 3.05) is 12.3 Å². The van der Waals surface area contributed by atoms with Gasteiger partial charge in [0.1, 0.15) is 10.6 Å². The van der Waals surface area contributed by atoms with Gasteiger partial charge in [0.05, 0.1) is 6.61 Å². The van der Waals surface area contributed by atoms with E-state index in [9.17, 15) is 4.79 Å². The molecule has 4 nitrogen and oxygen atoms in total. The Hall–Kier alpha value is -1.88. The number of aromatic nitrogens is 1. The summed E-state index contributed by atoms with van der Waals surface area (Å²) in [6.45, 7) is 4.38. The summed E-state index contributed by atoms with van der Waals surface area (Å²) in [7, 11) is 0. The normalized spacial score (nSPS) is 10.7. The van der Waals surface area contributed by atoms with Gasteiger partial charge in [0.15, 0.2) is 0 Å². The highest BCUT2D eigenvalue weighted by Gasteiger charge is 2.20. The predicted octanol–water partition coefficient (Wildman–Crippen LogP) is 3.21. The van der Waals surface area contributed by atoms with E-state index in [4.69, 9.17) is 10.5 Å². The van der Waals surface area contributed by atoms with E-state index < -0.39 is 0 Å². The second kappa shape index (κ2) is 5.84. The SMILES string of the molecule is CC(C)COC(=O)c1c(-c2ccncc2)csc1N. The van der Waals surface area contributed by atoms with Gasteiger partial charge in [-0.05, 0) is 23.6 Å². The van der Waals surface area contributed by atoms with Crippen molar-refractivity contribution < 1.29 is 9.53 Å². The van der Waals surface area contributed by atoms with E-state index in [1.54, 1.807) is 12.4 Å². The van der Waals surface area contributed by atoms with E-state index in [-0.39, 0.29) is 5.97 Å². The highest BCUT2D eigenvalue weighted by molar-refractivity contribution is 7.14. The molecule has 0 radical (unpaired) electrons. The van der Waals surface area contributed by atoms with Gasteiger partial charge in [-0.1, -0.05) is 13.8 Å². The van der Waals surface area contributed by atoms with Crippen molar-refractivity contribution in [3.63, 3.8) is 0 Å². The molecule has 19 heavy (non-hydrogen) atoms. The van der Waals surface area contributed by atoms with Crippen LogP contribution < -0.4 is 5.73 Å². The number of nitrogens with two attached hydrogens (primary N) is 1. The lowest BCUT2D eigenvalue weighted by atomic mass is 10.1. The number of anilines is 1. The average Bonchev–Trinajstić information content (AvgIpc) is 2.79. The highest BCUT2D eigenvalue weighted by atomic mass is 32.1. The molecule has 0 aliphatic heterocycles. The summed E-state index contributed by atoms with van der Waals surface area (Å²) in [6, 6.07) is 3.70. The van der Waals surface area contributed by atoms with Gasteiger partial charge in [-0.3, -0.25) is 4.98 Å². The molecule has 100 valence electrons. The van der Waals surface area contributed by atoms with Gasteiger partial charge in [0.25, 0.3) is 0 Å². The smallest absolute Gasteiger partial charge is 0.341 e. The zero-order valence-electron chi connectivity index (χ0n) is 10.9. The number of ether oxygens (including phenoxy) is 1. The van der Waals surface area contributed by atoms with Gasteiger partial charge < -0.3 is 10.5 Å². The number of hydrogen-bond donors (Lipinski definition) is 1. The number of hydrogen-bond acceptors (Lipinski definition) is 5. The van der Waals surface area contributed by atoms with E-state index in [1.807, 2.05) is 31.4 Å². The monoisotopic (exact) mass is 276 g/mol. The fourth-order valence-corrected chi connectivity index (χ4v) is 2.45. The van der Waals surface area contributed by atoms with Crippen LogP contribution in [-0.4, -0.2) is 17.6 Å². The number of pyridine rings is 1. The standard InChI is InChI=1S/C14H16N2O2S/c1-9(2)7-18-14(17)12-11(8-19-13(12)15)10-3-5-16-6-4-10/h3-6,8-9H,7,15H2,1-2H3. The lowest BCUT2D eigenvalue weighted by Gasteiger charge is -2.08. The van der Waals surface area contributed by atoms with Gasteiger partial charge in [0.2, 0.25) is 0 Å². The third-order valence-corrected chi connectivity index (χ3v) is 3.37. The summed E-state index contributed by atoms with van der Waals surface area (Å²) in [5, 5.41) is 2.36. The zero-order valence-corrected chi connectivity index (χ0v) is 11.7. The second-order valence-corrected chi connectivity index (χ2v) is 5.53. The van der Waals surface area contributed by atoms with E-state index in [1.165, 1.54) is 11.3 Å². The van der Waals surface area contributed by atoms with E-state index >= 15 is 0 Å². The number of carbonyl (C=O) groups is 1. The van der Waals surface area contributed by atoms with Crippen LogP contribution in [0.1, 0.15) is 24.2 Å². The molecule has 0 aliphatic rings. The Bertz CT molecular complexity index is 564. The summed E-state index contributed by atoms with van der Waals surface area (Å²) in [5.41, 5.74) is 8.06. The predicted molar refractivity (Wildman–Crippen MR) is 77.1 cm³/mol. The van der Waals surface area contributed by atoms with Crippen molar-refractivity contribution in [2.24, 2.45) is 5.92 Å². The fraction of sp³-hybridized carbons (Fsp3) is 0.286. The Morgan fingerprint density at radius 1 is 1.42 bits per heavy atom. The van der Waals surface area contributed by atoms with Crippen LogP contribution in [0.25, 0.3) is 11.1 Å². The summed E-state index contributed by atoms with van der Waals surface area (Å²) in [6.07, 6.45) is 3.37. The molecule has 0 atom stereocenters. The molecule has 0 saturated carbocycles. The van der Waals surface area contributed by atoms with Gasteiger partial charge in [-0.15, -0.1) is 11.3 Å². The number of carbonyl (C=O) groups excluding carboxylic acids is 1. The third-order valence-electron chi connectivity index (χ3n) is 2.56. The van der Waals surface area contributed by atoms with Crippen LogP contribution in [0.5, 0.6) is 0 Å². The van der Waals surface area contributed by atoms with E-state index in [2.05, 4.69) is 4.98 Å². The number of rotatable bonds is 4. The number of nitrogens with zero attached hydrogens (tertiary/aromatic N) is 1. The molecule has 0 saturated heterocycles. The Balaban J connectivity index is 2.30. The fourth-order valence-electron chi connectivity index (χ4n) is 1.64. The van der Waals surface area contributed by atoms with Crippen molar-refractivity contribution >= 4 is 22.3 Å². The van der Waals surface area contributed by atoms with Gasteiger partial charge in [-0.2, -0.15) is 0 Å². The minimum absolute atomic E-state index is 0.299. The topological polar surface area (TPSA) is 65.2 Å². The van der Waals surface area contributed by atoms with Crippen LogP contribution >= 0.6 is 11.3 Å². The molecule has 2 aromatic rings. The summed E-state index contributed by atoms with van der Waals surface area (Å²) in [4.78, 5) is 16.1. The van der Waals surface area contributed by atoms with Crippen molar-refractivity contribution in [3.8, 4) is 11.1 Å². The average molecular weight is 276 g/mol. The maximum absolute atomic E-state index is 12.1. The maximum Gasteiger partial charge on any atom is 0.341 e. The summed E-state index contributed by atoms with van der Waals surface area (Å²) in [5.74, 6) is -0.0625. The first kappa shape index (κ1) is 13.5. The quantitative estimate of drug-likeness (QED) is 0.871. The molecule has 0 aliphatic carbocycles. The largest absolute Gasteiger partial charge is 0.462 e. The van der Waals surface area contributed by atoms with Crippen molar-refractivity contribution in [1.82, 2.24) is 4.98 Å². The van der Waals surface area contributed by atoms with E-state index in [0.29, 0.717) is 23.1 Å². The number of thiophene rings is 1. The van der Waals surface area contributed by atoms with Crippen molar-refractivity contribution in [2.45, 2.75) is 13.8 Å². The molecule has 0 bridgehead atoms. The first-order valence-electron chi connectivity index (χ1n) is 6.04. The van der Waals surface area contributed by atoms with Gasteiger partial charge in [0, 0.05) is 23.3 Å². The molecule has 0 amide bonds. The number of esters is 1. The minimum Gasteiger partial charge on any atom is -0.462 e. The van der Waals surface area contributed by atoms with Crippen LogP contribution in [0, 0.1) is 5.92 Å². The lowest BCUT2D eigenvalue weighted by molar-refractivity contribution is 0.0461. The molecule has 2 aromatic heterocycles. The van der Waals surface area contributed by atoms with Crippen LogP contribution in [0.2, 0.25) is 0 Å². The zero-order chi connectivity index (χ0) is 13.8. The first-order valence-corrected chi connectivity index (χ1v) is 6.92. The lowest BCUT2D eigenvalue weighted by Crippen LogP contribution is -2.11. The highest BCUT2D eigenvalue weighted by Crippen LogP contribution is 2.33. The van der Waals surface area contributed by atoms with Crippen LogP contribution in [-0.2, 0) is 4.74 Å². The molecule has 2 heterocycles. The molecule has 5 heteroatoms. The Labute approximate surface area is 116 Å². The third kappa shape index (κ3) is 3.12. The molecule has 0 unspecified atom stereocenters. The van der Waals surface area contributed by atoms with Crippen LogP contribution in [0.15, 0.2) is 29.9 Å². The molecular formula is C14H16N2O2S. The molecule has 2 rings (SSSR count). The van der Waals surface area contributed by atoms with Crippen molar-refractivity contribution in [1.29, 1.82) is 0 Å². The molecule has 0 fully saturated rings. The van der Waals surface area contributed by atoms with Gasteiger partial charge >= 0.3 is 5.97 Å². The minimum atomic E-state index is -0.362. The van der Waals surface area contributed by atoms with Crippen LogP contribution in [0.4, 0.5) is 5.00 Å². The van der Waals surface area contributed by atoms with Crippen molar-refractivity contribution in [3.05, 3.63) is 35.5 Å². The Morgan fingerprint density at radius 2 is 2.11 bits per heavy atom. The summed E-state index contributed by atoms with van der Waals surface area (Å²) < 4.78 is 5.26. The first-order chi connectivity index (χ1) is 9.09. The Morgan fingerprint density at radius 3 is 2.74 bits per heavy atom. The van der Waals surface area contributed by atoms with Gasteiger partial charge in [-0.25, -0.2) is 4.79 Å². The molecule has 2 N–H and O–H groups in total.